The first-order valence-corrected chi connectivity index (χ1v) is 15.5. The Labute approximate surface area is 208 Å². The van der Waals surface area contributed by atoms with Gasteiger partial charge in [-0.2, -0.15) is 8.42 Å². The molecule has 0 saturated carbocycles. The van der Waals surface area contributed by atoms with Crippen molar-refractivity contribution in [2.24, 2.45) is 0 Å². The molecule has 0 aromatic heterocycles. The summed E-state index contributed by atoms with van der Waals surface area (Å²) < 4.78 is 29.7. The normalized spacial score (nSPS) is 11.6. The predicted molar refractivity (Wildman–Crippen MR) is 144 cm³/mol. The van der Waals surface area contributed by atoms with Crippen LogP contribution in [-0.2, 0) is 14.6 Å². The minimum absolute atomic E-state index is 0.870. The average Bonchev–Trinajstić information content (AvgIpc) is 2.80. The molecule has 0 aliphatic heterocycles. The Kier molecular flexibility index (Phi) is 29.8. The van der Waals surface area contributed by atoms with Crippen molar-refractivity contribution >= 4 is 10.4 Å². The largest absolute Gasteiger partial charge is 0.397 e. The third-order valence-electron chi connectivity index (χ3n) is 6.31. The Morgan fingerprint density at radius 2 is 0.788 bits per heavy atom. The Morgan fingerprint density at radius 3 is 1.03 bits per heavy atom. The quantitative estimate of drug-likeness (QED) is 0.108. The zero-order chi connectivity index (χ0) is 25.0. The van der Waals surface area contributed by atoms with Gasteiger partial charge in [0.1, 0.15) is 0 Å². The smallest absolute Gasteiger partial charge is 0.304 e. The van der Waals surface area contributed by atoms with Gasteiger partial charge in [-0.3, -0.25) is 8.74 Å². The summed E-state index contributed by atoms with van der Waals surface area (Å²) in [5.74, 6) is 0. The highest BCUT2D eigenvalue weighted by molar-refractivity contribution is 7.80. The highest BCUT2D eigenvalue weighted by Crippen LogP contribution is 2.14. The molecule has 0 aliphatic carbocycles. The van der Waals surface area contributed by atoms with Crippen LogP contribution in [0.15, 0.2) is 0 Å². The van der Waals surface area contributed by atoms with Crippen LogP contribution in [0.1, 0.15) is 149 Å². The molecule has 0 radical (unpaired) electrons. The molecule has 0 bridgehead atoms. The number of rotatable bonds is 24. The van der Waals surface area contributed by atoms with Gasteiger partial charge in [-0.25, -0.2) is 0 Å². The van der Waals surface area contributed by atoms with Crippen molar-refractivity contribution in [2.75, 3.05) is 26.7 Å². The van der Waals surface area contributed by atoms with E-state index in [2.05, 4.69) is 29.9 Å². The zero-order valence-electron chi connectivity index (χ0n) is 22.8. The molecule has 0 heterocycles. The maximum absolute atomic E-state index is 9.33. The number of nitrogens with zero attached hydrogens (tertiary/aromatic N) is 1. The Morgan fingerprint density at radius 1 is 0.545 bits per heavy atom. The van der Waals surface area contributed by atoms with Crippen molar-refractivity contribution in [1.29, 1.82) is 0 Å². The van der Waals surface area contributed by atoms with Crippen LogP contribution < -0.4 is 0 Å². The van der Waals surface area contributed by atoms with E-state index in [1.807, 2.05) is 0 Å². The Balaban J connectivity index is 0. The molecule has 0 atom stereocenters. The van der Waals surface area contributed by atoms with Crippen LogP contribution >= 0.6 is 0 Å². The molecular weight excluding hydrogens is 434 g/mol. The van der Waals surface area contributed by atoms with Gasteiger partial charge in [0.25, 0.3) is 0 Å². The van der Waals surface area contributed by atoms with Gasteiger partial charge in [-0.05, 0) is 32.5 Å². The molecule has 0 rings (SSSR count). The molecule has 1 N–H and O–H groups in total. The van der Waals surface area contributed by atoms with Gasteiger partial charge in [-0.1, -0.05) is 136 Å². The Hall–Kier alpha value is -0.170. The lowest BCUT2D eigenvalue weighted by atomic mass is 10.0. The second kappa shape index (κ2) is 28.1. The van der Waals surface area contributed by atoms with Crippen molar-refractivity contribution in [2.45, 2.75) is 149 Å². The molecule has 33 heavy (non-hydrogen) atoms. The van der Waals surface area contributed by atoms with Gasteiger partial charge < -0.3 is 4.90 Å². The van der Waals surface area contributed by atoms with Gasteiger partial charge in [0, 0.05) is 0 Å². The van der Waals surface area contributed by atoms with E-state index in [0.717, 1.165) is 7.11 Å². The van der Waals surface area contributed by atoms with Crippen LogP contribution in [0.25, 0.3) is 0 Å². The summed E-state index contributed by atoms with van der Waals surface area (Å²) in [6.07, 6.45) is 29.0. The fourth-order valence-electron chi connectivity index (χ4n) is 4.07. The second-order valence-electron chi connectivity index (χ2n) is 9.39. The SMILES string of the molecule is CCCCCCCCCCCCCCCCCCN(CC)CCCCCC.COS(=O)(=O)O. The average molecular weight is 494 g/mol. The van der Waals surface area contributed by atoms with Gasteiger partial charge >= 0.3 is 10.4 Å². The third-order valence-corrected chi connectivity index (χ3v) is 6.73. The van der Waals surface area contributed by atoms with Gasteiger partial charge in [0.2, 0.25) is 0 Å². The molecule has 5 nitrogen and oxygen atoms in total. The van der Waals surface area contributed by atoms with Crippen molar-refractivity contribution in [3.8, 4) is 0 Å². The first-order chi connectivity index (χ1) is 15.9. The first-order valence-electron chi connectivity index (χ1n) is 14.2. The van der Waals surface area contributed by atoms with E-state index in [4.69, 9.17) is 4.55 Å². The second-order valence-corrected chi connectivity index (χ2v) is 10.6. The van der Waals surface area contributed by atoms with Crippen molar-refractivity contribution in [1.82, 2.24) is 4.90 Å². The van der Waals surface area contributed by atoms with Crippen LogP contribution in [0, 0.1) is 0 Å². The summed E-state index contributed by atoms with van der Waals surface area (Å²) in [5, 5.41) is 0. The molecule has 0 fully saturated rings. The van der Waals surface area contributed by atoms with E-state index >= 15 is 0 Å². The van der Waals surface area contributed by atoms with E-state index in [-0.39, 0.29) is 0 Å². The number of unbranched alkanes of at least 4 members (excludes halogenated alkanes) is 18. The lowest BCUT2D eigenvalue weighted by Gasteiger charge is -2.20. The highest BCUT2D eigenvalue weighted by atomic mass is 32.3. The zero-order valence-corrected chi connectivity index (χ0v) is 23.6. The molecule has 6 heteroatoms. The minimum atomic E-state index is -4.16. The first kappa shape index (κ1) is 35.0. The molecule has 202 valence electrons. The van der Waals surface area contributed by atoms with Crippen LogP contribution in [0.2, 0.25) is 0 Å². The molecule has 0 saturated heterocycles. The van der Waals surface area contributed by atoms with E-state index in [1.54, 1.807) is 0 Å². The van der Waals surface area contributed by atoms with E-state index < -0.39 is 10.4 Å². The summed E-state index contributed by atoms with van der Waals surface area (Å²) >= 11 is 0. The molecular formula is C27H59NO4S. The Bertz CT molecular complexity index is 457. The molecule has 0 aromatic rings. The molecule has 0 unspecified atom stereocenters. The summed E-state index contributed by atoms with van der Waals surface area (Å²) in [6.45, 7) is 10.8. The van der Waals surface area contributed by atoms with Crippen molar-refractivity contribution in [3.63, 3.8) is 0 Å². The minimum Gasteiger partial charge on any atom is -0.304 e. The highest BCUT2D eigenvalue weighted by Gasteiger charge is 2.01. The fourth-order valence-corrected chi connectivity index (χ4v) is 4.07. The monoisotopic (exact) mass is 493 g/mol. The van der Waals surface area contributed by atoms with Gasteiger partial charge in [-0.15, -0.1) is 0 Å². The molecule has 0 spiro atoms. The van der Waals surface area contributed by atoms with Crippen molar-refractivity contribution in [3.05, 3.63) is 0 Å². The maximum Gasteiger partial charge on any atom is 0.397 e. The van der Waals surface area contributed by atoms with E-state index in [9.17, 15) is 8.42 Å². The standard InChI is InChI=1S/C26H55N.CH4O4S/c1-4-7-9-11-12-13-14-15-16-17-18-19-20-21-22-24-26-27(6-3)25-23-10-8-5-2;1-5-6(2,3)4/h4-26H2,1-3H3;1H3,(H,2,3,4). The van der Waals surface area contributed by atoms with Gasteiger partial charge in [0.15, 0.2) is 0 Å². The fraction of sp³-hybridized carbons (Fsp3) is 1.00. The van der Waals surface area contributed by atoms with Crippen LogP contribution in [0.4, 0.5) is 0 Å². The van der Waals surface area contributed by atoms with E-state index in [1.165, 1.54) is 148 Å². The predicted octanol–water partition coefficient (Wildman–Crippen LogP) is 8.59. The van der Waals surface area contributed by atoms with Crippen LogP contribution in [0.5, 0.6) is 0 Å². The van der Waals surface area contributed by atoms with Crippen molar-refractivity contribution < 1.29 is 17.2 Å². The van der Waals surface area contributed by atoms with E-state index in [0.29, 0.717) is 0 Å². The van der Waals surface area contributed by atoms with Gasteiger partial charge in [0.05, 0.1) is 7.11 Å². The summed E-state index contributed by atoms with van der Waals surface area (Å²) in [7, 11) is -3.29. The maximum atomic E-state index is 9.33. The third kappa shape index (κ3) is 34.1. The van der Waals surface area contributed by atoms with Crippen LogP contribution in [-0.4, -0.2) is 44.6 Å². The number of hydrogen-bond donors (Lipinski definition) is 1. The summed E-state index contributed by atoms with van der Waals surface area (Å²) in [5.41, 5.74) is 0. The summed E-state index contributed by atoms with van der Waals surface area (Å²) in [6, 6.07) is 0. The van der Waals surface area contributed by atoms with Crippen LogP contribution in [0.3, 0.4) is 0 Å². The molecule has 0 aromatic carbocycles. The molecule has 0 amide bonds. The lowest BCUT2D eigenvalue weighted by Crippen LogP contribution is -2.25. The number of hydrogen-bond acceptors (Lipinski definition) is 4. The topological polar surface area (TPSA) is 66.8 Å². The lowest BCUT2D eigenvalue weighted by molar-refractivity contribution is 0.273. The molecule has 0 aliphatic rings. The summed E-state index contributed by atoms with van der Waals surface area (Å²) in [4.78, 5) is 2.67.